The van der Waals surface area contributed by atoms with Gasteiger partial charge in [0.25, 0.3) is 0 Å². The number of allylic oxidation sites excluding steroid dienone is 2. The number of alkyl halides is 3. The van der Waals surface area contributed by atoms with Crippen LogP contribution in [0.4, 0.5) is 13.2 Å². The van der Waals surface area contributed by atoms with E-state index in [-0.39, 0.29) is 5.91 Å². The molecule has 0 bridgehead atoms. The Morgan fingerprint density at radius 2 is 1.83 bits per heavy atom. The van der Waals surface area contributed by atoms with Crippen LogP contribution in [0.2, 0.25) is 0 Å². The molecule has 2 aliphatic rings. The molecule has 1 aromatic heterocycles. The van der Waals surface area contributed by atoms with Crippen molar-refractivity contribution in [1.82, 2.24) is 9.88 Å². The second-order valence-electron chi connectivity index (χ2n) is 8.82. The highest BCUT2D eigenvalue weighted by molar-refractivity contribution is 5.98. The molecule has 6 nitrogen and oxygen atoms in total. The van der Waals surface area contributed by atoms with Crippen LogP contribution >= 0.6 is 0 Å². The molecule has 1 aromatic carbocycles. The van der Waals surface area contributed by atoms with Gasteiger partial charge in [0.15, 0.2) is 0 Å². The van der Waals surface area contributed by atoms with Crippen LogP contribution in [0.1, 0.15) is 71.6 Å². The van der Waals surface area contributed by atoms with Gasteiger partial charge in [0, 0.05) is 18.3 Å². The number of carbonyl (C=O) groups excluding carboxylic acids is 1. The fraction of sp³-hybridized carbons (Fsp3) is 0.423. The summed E-state index contributed by atoms with van der Waals surface area (Å²) in [6.07, 6.45) is 5.94. The maximum Gasteiger partial charge on any atom is 0.490 e. The van der Waals surface area contributed by atoms with Gasteiger partial charge in [0.2, 0.25) is 5.91 Å². The Labute approximate surface area is 202 Å². The average molecular weight is 490 g/mol. The number of nitrogens with two attached hydrogens (primary N) is 1. The molecule has 1 amide bonds. The van der Waals surface area contributed by atoms with Gasteiger partial charge < -0.3 is 10.8 Å². The largest absolute Gasteiger partial charge is 0.490 e. The monoisotopic (exact) mass is 489 g/mol. The Hall–Kier alpha value is -3.20. The van der Waals surface area contributed by atoms with Crippen molar-refractivity contribution in [2.75, 3.05) is 13.1 Å². The number of benzene rings is 1. The van der Waals surface area contributed by atoms with E-state index >= 15 is 0 Å². The minimum atomic E-state index is -5.08. The Balaban J connectivity index is 0.000000429. The van der Waals surface area contributed by atoms with Crippen molar-refractivity contribution in [2.24, 2.45) is 5.73 Å². The summed E-state index contributed by atoms with van der Waals surface area (Å²) >= 11 is 0. The first-order chi connectivity index (χ1) is 16.6. The topological polar surface area (TPSA) is 96.5 Å². The third kappa shape index (κ3) is 7.65. The van der Waals surface area contributed by atoms with Gasteiger partial charge in [-0.05, 0) is 92.4 Å². The number of amides is 1. The lowest BCUT2D eigenvalue weighted by Gasteiger charge is -2.32. The summed E-state index contributed by atoms with van der Waals surface area (Å²) < 4.78 is 31.7. The summed E-state index contributed by atoms with van der Waals surface area (Å²) in [5, 5.41) is 7.12. The Bertz CT molecular complexity index is 1050. The van der Waals surface area contributed by atoms with E-state index in [9.17, 15) is 18.0 Å². The fourth-order valence-corrected chi connectivity index (χ4v) is 4.52. The van der Waals surface area contributed by atoms with Crippen molar-refractivity contribution in [1.29, 1.82) is 0 Å². The van der Waals surface area contributed by atoms with Crippen LogP contribution in [0.5, 0.6) is 0 Å². The van der Waals surface area contributed by atoms with E-state index in [1.807, 2.05) is 18.3 Å². The van der Waals surface area contributed by atoms with Crippen molar-refractivity contribution >= 4 is 17.4 Å². The molecule has 0 radical (unpaired) electrons. The smallest absolute Gasteiger partial charge is 0.475 e. The number of nitrogens with zero attached hydrogens (tertiary/aromatic N) is 2. The highest BCUT2D eigenvalue weighted by Gasteiger charge is 2.38. The molecular weight excluding hydrogens is 459 g/mol. The van der Waals surface area contributed by atoms with Crippen LogP contribution in [0.3, 0.4) is 0 Å². The van der Waals surface area contributed by atoms with Crippen molar-refractivity contribution < 1.29 is 27.9 Å². The second-order valence-corrected chi connectivity index (χ2v) is 8.82. The fourth-order valence-electron chi connectivity index (χ4n) is 4.52. The van der Waals surface area contributed by atoms with Crippen molar-refractivity contribution in [2.45, 2.75) is 57.2 Å². The molecule has 1 saturated heterocycles. The molecule has 1 aliphatic carbocycles. The number of piperidine rings is 1. The zero-order valence-corrected chi connectivity index (χ0v) is 19.4. The Kier molecular flexibility index (Phi) is 9.03. The number of hydrogen-bond acceptors (Lipinski definition) is 4. The van der Waals surface area contributed by atoms with E-state index in [0.717, 1.165) is 56.6 Å². The Morgan fingerprint density at radius 1 is 1.11 bits per heavy atom. The number of rotatable bonds is 5. The zero-order chi connectivity index (χ0) is 25.4. The zero-order valence-electron chi connectivity index (χ0n) is 19.4. The van der Waals surface area contributed by atoms with Crippen molar-refractivity contribution in [3.63, 3.8) is 0 Å². The number of likely N-dealkylation sites (tertiary alicyclic amines) is 1. The number of aromatic nitrogens is 1. The molecular formula is C26H30F3N3O3. The van der Waals surface area contributed by atoms with Gasteiger partial charge in [-0.25, -0.2) is 4.79 Å². The summed E-state index contributed by atoms with van der Waals surface area (Å²) in [7, 11) is 0. The SMILES string of the molecule is NC(=O)c1ccc(C2CCN(Cc3ccccn3)CC2)cc1C1=CCCCC1.O=C(O)C(F)(F)F. The Morgan fingerprint density at radius 3 is 2.37 bits per heavy atom. The maximum absolute atomic E-state index is 12.0. The van der Waals surface area contributed by atoms with Gasteiger partial charge in [-0.15, -0.1) is 0 Å². The minimum Gasteiger partial charge on any atom is -0.475 e. The first kappa shape index (κ1) is 26.4. The molecule has 2 heterocycles. The molecule has 0 saturated carbocycles. The lowest BCUT2D eigenvalue weighted by Crippen LogP contribution is -2.32. The molecule has 1 fully saturated rings. The van der Waals surface area contributed by atoms with Gasteiger partial charge in [-0.3, -0.25) is 14.7 Å². The predicted octanol–water partition coefficient (Wildman–Crippen LogP) is 5.15. The molecule has 0 unspecified atom stereocenters. The quantitative estimate of drug-likeness (QED) is 0.606. The van der Waals surface area contributed by atoms with Gasteiger partial charge in [0.05, 0.1) is 5.69 Å². The first-order valence-corrected chi connectivity index (χ1v) is 11.7. The molecule has 188 valence electrons. The number of aliphatic carboxylic acids is 1. The normalized spacial score (nSPS) is 17.2. The van der Waals surface area contributed by atoms with Crippen LogP contribution in [-0.2, 0) is 11.3 Å². The van der Waals surface area contributed by atoms with Crippen LogP contribution < -0.4 is 5.73 Å². The van der Waals surface area contributed by atoms with E-state index in [1.165, 1.54) is 24.0 Å². The standard InChI is InChI=1S/C24H29N3O.C2HF3O2/c25-24(28)22-10-9-20(16-23(22)19-6-2-1-3-7-19)18-11-14-27(15-12-18)17-21-8-4-5-13-26-21;3-2(4,5)1(6)7/h4-6,8-10,13,16,18H,1-3,7,11-12,14-15,17H2,(H2,25,28);(H,6,7). The molecule has 9 heteroatoms. The predicted molar refractivity (Wildman–Crippen MR) is 127 cm³/mol. The van der Waals surface area contributed by atoms with Gasteiger partial charge in [-0.1, -0.05) is 24.3 Å². The highest BCUT2D eigenvalue weighted by Crippen LogP contribution is 2.34. The van der Waals surface area contributed by atoms with Crippen LogP contribution in [0.25, 0.3) is 5.57 Å². The number of pyridine rings is 1. The minimum absolute atomic E-state index is 0.321. The van der Waals surface area contributed by atoms with Crippen molar-refractivity contribution in [3.8, 4) is 0 Å². The maximum atomic E-state index is 12.0. The lowest BCUT2D eigenvalue weighted by atomic mass is 9.84. The molecule has 1 aliphatic heterocycles. The second kappa shape index (κ2) is 12.0. The molecule has 4 rings (SSSR count). The lowest BCUT2D eigenvalue weighted by molar-refractivity contribution is -0.192. The molecule has 0 atom stereocenters. The van der Waals surface area contributed by atoms with Gasteiger partial charge in [0.1, 0.15) is 0 Å². The van der Waals surface area contributed by atoms with E-state index < -0.39 is 12.1 Å². The van der Waals surface area contributed by atoms with E-state index in [4.69, 9.17) is 15.6 Å². The van der Waals surface area contributed by atoms with E-state index in [2.05, 4.69) is 40.2 Å². The summed E-state index contributed by atoms with van der Waals surface area (Å²) in [6.45, 7) is 3.08. The molecule has 3 N–H and O–H groups in total. The summed E-state index contributed by atoms with van der Waals surface area (Å²) in [5.41, 5.74) is 11.2. The summed E-state index contributed by atoms with van der Waals surface area (Å²) in [5.74, 6) is -2.53. The van der Waals surface area contributed by atoms with Crippen LogP contribution in [-0.4, -0.2) is 46.1 Å². The molecule has 0 spiro atoms. The number of halogens is 3. The average Bonchev–Trinajstić information content (AvgIpc) is 2.85. The van der Waals surface area contributed by atoms with E-state index in [1.54, 1.807) is 0 Å². The third-order valence-corrected chi connectivity index (χ3v) is 6.36. The van der Waals surface area contributed by atoms with Crippen molar-refractivity contribution in [3.05, 3.63) is 71.1 Å². The van der Waals surface area contributed by atoms with Crippen LogP contribution in [0.15, 0.2) is 48.7 Å². The first-order valence-electron chi connectivity index (χ1n) is 11.7. The highest BCUT2D eigenvalue weighted by atomic mass is 19.4. The third-order valence-electron chi connectivity index (χ3n) is 6.36. The number of carboxylic acids is 1. The summed E-state index contributed by atoms with van der Waals surface area (Å²) in [4.78, 5) is 27.8. The molecule has 2 aromatic rings. The van der Waals surface area contributed by atoms with Crippen LogP contribution in [0, 0.1) is 0 Å². The van der Waals surface area contributed by atoms with Gasteiger partial charge >= 0.3 is 12.1 Å². The number of primary amides is 1. The van der Waals surface area contributed by atoms with E-state index in [0.29, 0.717) is 11.5 Å². The number of carbonyl (C=O) groups is 2. The molecule has 35 heavy (non-hydrogen) atoms. The summed E-state index contributed by atoms with van der Waals surface area (Å²) in [6, 6.07) is 12.4. The number of carboxylic acid groups (broad SMARTS) is 1. The van der Waals surface area contributed by atoms with Gasteiger partial charge in [-0.2, -0.15) is 13.2 Å². The number of hydrogen-bond donors (Lipinski definition) is 2.